The highest BCUT2D eigenvalue weighted by Gasteiger charge is 2.37. The van der Waals surface area contributed by atoms with E-state index in [1.54, 1.807) is 49.4 Å². The predicted octanol–water partition coefficient (Wildman–Crippen LogP) is 7.52. The minimum absolute atomic E-state index is 0.00323. The standard InChI is InChI=1S/C35H31F4N3O6S/c1-5-42(49(4,45)46)29-19-30-28(18-27(29)22-8-6-9-23(16-22)33(43)41-20(2)35(37,38)39)31(34(44)40-3)32(48-30)21-12-14-25(15-13-21)47-26-11-7-10-24(36)17-26/h6-20H,5H2,1-4H3,(H,40,44)(H,41,43)/t20-/m0/s1. The van der Waals surface area contributed by atoms with Crippen molar-refractivity contribution < 1.29 is 44.7 Å². The number of alkyl halides is 3. The van der Waals surface area contributed by atoms with Gasteiger partial charge in [0.25, 0.3) is 11.8 Å². The van der Waals surface area contributed by atoms with Gasteiger partial charge < -0.3 is 19.8 Å². The Balaban J connectivity index is 1.66. The van der Waals surface area contributed by atoms with E-state index in [1.165, 1.54) is 49.5 Å². The van der Waals surface area contributed by atoms with E-state index in [0.717, 1.165) is 17.5 Å². The zero-order valence-corrected chi connectivity index (χ0v) is 27.5. The largest absolute Gasteiger partial charge is 0.457 e. The third-order valence-electron chi connectivity index (χ3n) is 7.64. The van der Waals surface area contributed by atoms with Crippen LogP contribution in [0, 0.1) is 5.82 Å². The summed E-state index contributed by atoms with van der Waals surface area (Å²) >= 11 is 0. The molecule has 0 aliphatic heterocycles. The molecule has 4 aromatic carbocycles. The molecule has 2 N–H and O–H groups in total. The Labute approximate surface area is 279 Å². The van der Waals surface area contributed by atoms with E-state index in [-0.39, 0.29) is 46.0 Å². The molecular formula is C35H31F4N3O6S. The molecule has 0 saturated carbocycles. The Kier molecular flexibility index (Phi) is 9.72. The summed E-state index contributed by atoms with van der Waals surface area (Å²) in [5.74, 6) is -1.13. The van der Waals surface area contributed by atoms with Crippen LogP contribution in [0.4, 0.5) is 23.2 Å². The van der Waals surface area contributed by atoms with Crippen molar-refractivity contribution >= 4 is 38.5 Å². The summed E-state index contributed by atoms with van der Waals surface area (Å²) in [6.45, 7) is 2.44. The summed E-state index contributed by atoms with van der Waals surface area (Å²) in [4.78, 5) is 26.2. The molecule has 0 spiro atoms. The molecule has 0 unspecified atom stereocenters. The van der Waals surface area contributed by atoms with Crippen LogP contribution in [-0.2, 0) is 10.0 Å². The number of carbonyl (C=O) groups is 2. The van der Waals surface area contributed by atoms with Gasteiger partial charge in [-0.2, -0.15) is 13.2 Å². The van der Waals surface area contributed by atoms with E-state index in [0.29, 0.717) is 22.3 Å². The number of amides is 2. The SMILES string of the molecule is CCN(c1cc2oc(-c3ccc(Oc4cccc(F)c4)cc3)c(C(=O)NC)c2cc1-c1cccc(C(=O)N[C@@H](C)C(F)(F)F)c1)S(C)(=O)=O. The Morgan fingerprint density at radius 2 is 1.61 bits per heavy atom. The van der Waals surface area contributed by atoms with Gasteiger partial charge in [-0.05, 0) is 74.0 Å². The van der Waals surface area contributed by atoms with Crippen LogP contribution in [-0.4, -0.2) is 52.3 Å². The highest BCUT2D eigenvalue weighted by molar-refractivity contribution is 7.92. The molecule has 5 rings (SSSR count). The molecule has 0 aliphatic carbocycles. The lowest BCUT2D eigenvalue weighted by Crippen LogP contribution is -2.43. The number of rotatable bonds is 10. The van der Waals surface area contributed by atoms with Gasteiger partial charge in [0, 0.05) is 47.8 Å². The highest BCUT2D eigenvalue weighted by Crippen LogP contribution is 2.42. The number of anilines is 1. The zero-order valence-electron chi connectivity index (χ0n) is 26.7. The number of sulfonamides is 1. The van der Waals surface area contributed by atoms with Crippen molar-refractivity contribution in [3.05, 3.63) is 102 Å². The number of nitrogens with one attached hydrogen (secondary N) is 2. The van der Waals surface area contributed by atoms with Crippen LogP contribution < -0.4 is 19.7 Å². The van der Waals surface area contributed by atoms with Crippen molar-refractivity contribution in [3.63, 3.8) is 0 Å². The number of ether oxygens (including phenoxy) is 1. The maximum atomic E-state index is 13.6. The third-order valence-corrected chi connectivity index (χ3v) is 8.89. The maximum Gasteiger partial charge on any atom is 0.408 e. The summed E-state index contributed by atoms with van der Waals surface area (Å²) in [7, 11) is -2.43. The van der Waals surface area contributed by atoms with E-state index in [2.05, 4.69) is 5.32 Å². The number of halogens is 4. The molecule has 9 nitrogen and oxygen atoms in total. The van der Waals surface area contributed by atoms with Crippen molar-refractivity contribution in [2.45, 2.75) is 26.1 Å². The van der Waals surface area contributed by atoms with E-state index >= 15 is 0 Å². The number of nitrogens with zero attached hydrogens (tertiary/aromatic N) is 1. The molecule has 1 heterocycles. The number of hydrogen-bond donors (Lipinski definition) is 2. The molecule has 0 aliphatic rings. The van der Waals surface area contributed by atoms with Crippen LogP contribution in [0.3, 0.4) is 0 Å². The minimum atomic E-state index is -4.66. The predicted molar refractivity (Wildman–Crippen MR) is 178 cm³/mol. The first-order chi connectivity index (χ1) is 23.1. The highest BCUT2D eigenvalue weighted by atomic mass is 32.2. The van der Waals surface area contributed by atoms with Gasteiger partial charge in [-0.1, -0.05) is 18.2 Å². The van der Waals surface area contributed by atoms with Crippen molar-refractivity contribution in [2.24, 2.45) is 0 Å². The van der Waals surface area contributed by atoms with Gasteiger partial charge in [-0.15, -0.1) is 0 Å². The fraction of sp³-hybridized carbons (Fsp3) is 0.200. The molecule has 1 atom stereocenters. The second-order valence-electron chi connectivity index (χ2n) is 11.1. The Bertz CT molecular complexity index is 2150. The lowest BCUT2D eigenvalue weighted by atomic mass is 9.97. The van der Waals surface area contributed by atoms with Crippen LogP contribution in [0.5, 0.6) is 11.5 Å². The summed E-state index contributed by atoms with van der Waals surface area (Å²) in [6.07, 6.45) is -3.64. The number of carbonyl (C=O) groups excluding carboxylic acids is 2. The van der Waals surface area contributed by atoms with Crippen LogP contribution in [0.1, 0.15) is 34.6 Å². The molecule has 0 bridgehead atoms. The smallest absolute Gasteiger partial charge is 0.408 e. The van der Waals surface area contributed by atoms with Gasteiger partial charge in [0.15, 0.2) is 0 Å². The first-order valence-electron chi connectivity index (χ1n) is 14.9. The number of hydrogen-bond acceptors (Lipinski definition) is 6. The van der Waals surface area contributed by atoms with Crippen molar-refractivity contribution in [1.29, 1.82) is 0 Å². The average molecular weight is 698 g/mol. The second-order valence-corrected chi connectivity index (χ2v) is 13.0. The van der Waals surface area contributed by atoms with Crippen LogP contribution >= 0.6 is 0 Å². The lowest BCUT2D eigenvalue weighted by molar-refractivity contribution is -0.149. The van der Waals surface area contributed by atoms with Gasteiger partial charge in [0.2, 0.25) is 10.0 Å². The maximum absolute atomic E-state index is 13.6. The summed E-state index contributed by atoms with van der Waals surface area (Å²) in [6, 6.07) is 18.7. The molecular weight excluding hydrogens is 666 g/mol. The van der Waals surface area contributed by atoms with Crippen LogP contribution in [0.2, 0.25) is 0 Å². The van der Waals surface area contributed by atoms with E-state index in [4.69, 9.17) is 9.15 Å². The lowest BCUT2D eigenvalue weighted by Gasteiger charge is -2.24. The Hall–Kier alpha value is -5.37. The summed E-state index contributed by atoms with van der Waals surface area (Å²) < 4.78 is 92.0. The van der Waals surface area contributed by atoms with Gasteiger partial charge in [-0.25, -0.2) is 12.8 Å². The minimum Gasteiger partial charge on any atom is -0.457 e. The van der Waals surface area contributed by atoms with Gasteiger partial charge >= 0.3 is 6.18 Å². The Morgan fingerprint density at radius 1 is 0.918 bits per heavy atom. The van der Waals surface area contributed by atoms with Crippen molar-refractivity contribution in [1.82, 2.24) is 10.6 Å². The zero-order chi connectivity index (χ0) is 35.7. The van der Waals surface area contributed by atoms with Crippen molar-refractivity contribution in [3.8, 4) is 33.9 Å². The monoisotopic (exact) mass is 697 g/mol. The summed E-state index contributed by atoms with van der Waals surface area (Å²) in [5.41, 5.74) is 1.40. The molecule has 1 aromatic heterocycles. The summed E-state index contributed by atoms with van der Waals surface area (Å²) in [5, 5.41) is 4.83. The molecule has 2 amide bonds. The van der Waals surface area contributed by atoms with Gasteiger partial charge in [-0.3, -0.25) is 13.9 Å². The molecule has 0 radical (unpaired) electrons. The van der Waals surface area contributed by atoms with Crippen LogP contribution in [0.15, 0.2) is 89.3 Å². The molecule has 5 aromatic rings. The third kappa shape index (κ3) is 7.54. The molecule has 0 saturated heterocycles. The molecule has 0 fully saturated rings. The molecule has 256 valence electrons. The number of furan rings is 1. The average Bonchev–Trinajstić information content (AvgIpc) is 3.42. The van der Waals surface area contributed by atoms with E-state index in [1.807, 2.05) is 5.32 Å². The van der Waals surface area contributed by atoms with Crippen LogP contribution in [0.25, 0.3) is 33.4 Å². The second kappa shape index (κ2) is 13.6. The van der Waals surface area contributed by atoms with Gasteiger partial charge in [0.05, 0.1) is 17.5 Å². The van der Waals surface area contributed by atoms with E-state index in [9.17, 15) is 35.6 Å². The first kappa shape index (κ1) is 35.0. The quantitative estimate of drug-likeness (QED) is 0.146. The number of fused-ring (bicyclic) bond motifs is 1. The van der Waals surface area contributed by atoms with Crippen molar-refractivity contribution in [2.75, 3.05) is 24.2 Å². The normalized spacial score (nSPS) is 12.4. The number of benzene rings is 4. The molecule has 49 heavy (non-hydrogen) atoms. The fourth-order valence-electron chi connectivity index (χ4n) is 5.24. The topological polar surface area (TPSA) is 118 Å². The van der Waals surface area contributed by atoms with E-state index < -0.39 is 39.9 Å². The van der Waals surface area contributed by atoms with Gasteiger partial charge in [0.1, 0.15) is 34.7 Å². The molecule has 14 heteroatoms. The first-order valence-corrected chi connectivity index (χ1v) is 16.8. The fourth-order valence-corrected chi connectivity index (χ4v) is 6.22. The Morgan fingerprint density at radius 3 is 2.22 bits per heavy atom.